The fourth-order valence-corrected chi connectivity index (χ4v) is 4.66. The molecule has 0 unspecified atom stereocenters. The third-order valence-corrected chi connectivity index (χ3v) is 5.97. The molecule has 0 aliphatic heterocycles. The van der Waals surface area contributed by atoms with Crippen LogP contribution >= 0.6 is 0 Å². The van der Waals surface area contributed by atoms with Crippen molar-refractivity contribution in [3.63, 3.8) is 0 Å². The van der Waals surface area contributed by atoms with Crippen molar-refractivity contribution in [2.75, 3.05) is 0 Å². The molecule has 0 atom stereocenters. The first kappa shape index (κ1) is 17.0. The van der Waals surface area contributed by atoms with E-state index in [-0.39, 0.29) is 17.1 Å². The Kier molecular flexibility index (Phi) is 3.34. The lowest BCUT2D eigenvalue weighted by molar-refractivity contribution is 1.30. The molecule has 4 aromatic carbocycles. The van der Waals surface area contributed by atoms with Crippen LogP contribution in [0.2, 0.25) is 0 Å². The minimum absolute atomic E-state index is 0.128. The van der Waals surface area contributed by atoms with Gasteiger partial charge in [0.2, 0.25) is 5.69 Å². The van der Waals surface area contributed by atoms with E-state index in [4.69, 9.17) is 19.7 Å². The van der Waals surface area contributed by atoms with E-state index in [1.165, 1.54) is 0 Å². The molecular formula is C27H12N4. The van der Waals surface area contributed by atoms with Crippen molar-refractivity contribution < 1.29 is 0 Å². The number of benzene rings is 4. The summed E-state index contributed by atoms with van der Waals surface area (Å²) in [5.74, 6) is 0. The lowest BCUT2D eigenvalue weighted by Gasteiger charge is -2.14. The Morgan fingerprint density at radius 3 is 1.94 bits per heavy atom. The molecule has 0 fully saturated rings. The first-order valence-electron chi connectivity index (χ1n) is 9.72. The summed E-state index contributed by atoms with van der Waals surface area (Å²) in [5, 5.41) is 7.09. The van der Waals surface area contributed by atoms with Crippen LogP contribution in [0.4, 0.5) is 17.1 Å². The van der Waals surface area contributed by atoms with E-state index in [1.807, 2.05) is 24.3 Å². The fraction of sp³-hybridized carbons (Fsp3) is 0. The number of nitrogens with zero attached hydrogens (tertiary/aromatic N) is 4. The van der Waals surface area contributed by atoms with E-state index in [9.17, 15) is 0 Å². The Hall–Kier alpha value is -4.85. The summed E-state index contributed by atoms with van der Waals surface area (Å²) in [6.07, 6.45) is 2.06. The maximum Gasteiger partial charge on any atom is 0.201 e. The predicted octanol–water partition coefficient (Wildman–Crippen LogP) is 8.20. The molecule has 6 rings (SSSR count). The number of pyridine rings is 1. The summed E-state index contributed by atoms with van der Waals surface area (Å²) in [5.41, 5.74) is 2.42. The number of hydrogen-bond acceptors (Lipinski definition) is 0. The van der Waals surface area contributed by atoms with Crippen molar-refractivity contribution in [2.45, 2.75) is 0 Å². The fourth-order valence-electron chi connectivity index (χ4n) is 4.66. The zero-order valence-electron chi connectivity index (χ0n) is 16.2. The zero-order chi connectivity index (χ0) is 21.1. The van der Waals surface area contributed by atoms with Crippen LogP contribution in [0.3, 0.4) is 0 Å². The van der Waals surface area contributed by atoms with Crippen LogP contribution < -0.4 is 0 Å². The summed E-state index contributed by atoms with van der Waals surface area (Å²) in [6.45, 7) is 23.1. The van der Waals surface area contributed by atoms with Crippen LogP contribution in [0.5, 0.6) is 0 Å². The Morgan fingerprint density at radius 1 is 0.613 bits per heavy atom. The zero-order valence-corrected chi connectivity index (χ0v) is 16.2. The largest absolute Gasteiger partial charge is 0.317 e. The highest BCUT2D eigenvalue weighted by atomic mass is 14.9. The molecule has 4 heteroatoms. The maximum atomic E-state index is 7.86. The first-order chi connectivity index (χ1) is 15.2. The van der Waals surface area contributed by atoms with Crippen LogP contribution in [0.25, 0.3) is 63.3 Å². The van der Waals surface area contributed by atoms with Gasteiger partial charge in [0.1, 0.15) is 0 Å². The first-order valence-corrected chi connectivity index (χ1v) is 9.72. The molecule has 0 amide bonds. The summed E-state index contributed by atoms with van der Waals surface area (Å²) in [4.78, 5) is 10.9. The number of aromatic nitrogens is 1. The smallest absolute Gasteiger partial charge is 0.201 e. The van der Waals surface area contributed by atoms with Gasteiger partial charge in [-0.25, -0.2) is 0 Å². The lowest BCUT2D eigenvalue weighted by Crippen LogP contribution is -1.91. The monoisotopic (exact) mass is 392 g/mol. The number of rotatable bonds is 0. The van der Waals surface area contributed by atoms with Crippen molar-refractivity contribution in [3.8, 4) is 0 Å². The van der Waals surface area contributed by atoms with Crippen LogP contribution in [0, 0.1) is 19.7 Å². The maximum absolute atomic E-state index is 7.86. The minimum Gasteiger partial charge on any atom is -0.317 e. The van der Waals surface area contributed by atoms with Gasteiger partial charge in [-0.1, -0.05) is 48.5 Å². The van der Waals surface area contributed by atoms with Crippen molar-refractivity contribution in [1.82, 2.24) is 4.40 Å². The summed E-state index contributed by atoms with van der Waals surface area (Å²) in [7, 11) is 0. The molecule has 31 heavy (non-hydrogen) atoms. The van der Waals surface area contributed by atoms with Crippen LogP contribution in [0.15, 0.2) is 72.9 Å². The predicted molar refractivity (Wildman–Crippen MR) is 126 cm³/mol. The van der Waals surface area contributed by atoms with Crippen molar-refractivity contribution in [2.24, 2.45) is 0 Å². The molecular weight excluding hydrogens is 380 g/mol. The molecule has 0 aliphatic carbocycles. The highest BCUT2D eigenvalue weighted by Gasteiger charge is 2.20. The third kappa shape index (κ3) is 2.15. The Morgan fingerprint density at radius 2 is 1.26 bits per heavy atom. The lowest BCUT2D eigenvalue weighted by atomic mass is 9.97. The Labute approximate surface area is 177 Å². The second-order valence-corrected chi connectivity index (χ2v) is 7.50. The van der Waals surface area contributed by atoms with Gasteiger partial charge in [0.05, 0.1) is 25.2 Å². The van der Waals surface area contributed by atoms with Gasteiger partial charge in [-0.3, -0.25) is 14.5 Å². The molecule has 4 nitrogen and oxygen atoms in total. The van der Waals surface area contributed by atoms with E-state index < -0.39 is 0 Å². The minimum atomic E-state index is 0.128. The van der Waals surface area contributed by atoms with Gasteiger partial charge in [0, 0.05) is 27.9 Å². The molecule has 0 spiro atoms. The Bertz CT molecular complexity index is 1870. The molecule has 2 heterocycles. The van der Waals surface area contributed by atoms with Gasteiger partial charge in [-0.15, -0.1) is 0 Å². The van der Waals surface area contributed by atoms with Crippen LogP contribution in [-0.4, -0.2) is 4.40 Å². The van der Waals surface area contributed by atoms with Gasteiger partial charge in [-0.2, -0.15) is 0 Å². The molecule has 0 bridgehead atoms. The highest BCUT2D eigenvalue weighted by molar-refractivity contribution is 6.26. The van der Waals surface area contributed by atoms with Crippen LogP contribution in [-0.2, 0) is 0 Å². The van der Waals surface area contributed by atoms with Gasteiger partial charge in [0.25, 0.3) is 0 Å². The highest BCUT2D eigenvalue weighted by Crippen LogP contribution is 2.48. The second-order valence-electron chi connectivity index (χ2n) is 7.50. The van der Waals surface area contributed by atoms with E-state index in [2.05, 4.69) is 61.5 Å². The molecule has 0 N–H and O–H groups in total. The summed E-state index contributed by atoms with van der Waals surface area (Å²) in [6, 6.07) is 22.4. The molecule has 2 aromatic heterocycles. The van der Waals surface area contributed by atoms with Gasteiger partial charge >= 0.3 is 0 Å². The molecule has 0 radical (unpaired) electrons. The van der Waals surface area contributed by atoms with E-state index in [0.29, 0.717) is 0 Å². The van der Waals surface area contributed by atoms with Crippen molar-refractivity contribution >= 4 is 65.8 Å². The summed E-state index contributed by atoms with van der Waals surface area (Å²) < 4.78 is 2.08. The van der Waals surface area contributed by atoms with E-state index in [0.717, 1.165) is 48.7 Å². The molecule has 0 saturated carbocycles. The van der Waals surface area contributed by atoms with E-state index in [1.54, 1.807) is 6.07 Å². The number of hydrogen-bond donors (Lipinski definition) is 0. The Balaban J connectivity index is 2.05. The quantitative estimate of drug-likeness (QED) is 0.141. The number of fused-ring (bicyclic) bond motifs is 9. The van der Waals surface area contributed by atoms with E-state index >= 15 is 0 Å². The molecule has 140 valence electrons. The normalized spacial score (nSPS) is 11.1. The summed E-state index contributed by atoms with van der Waals surface area (Å²) >= 11 is 0. The van der Waals surface area contributed by atoms with Gasteiger partial charge < -0.3 is 4.40 Å². The molecule has 0 aliphatic rings. The van der Waals surface area contributed by atoms with Gasteiger partial charge in [-0.05, 0) is 39.7 Å². The van der Waals surface area contributed by atoms with Crippen LogP contribution in [0.1, 0.15) is 0 Å². The average molecular weight is 392 g/mol. The van der Waals surface area contributed by atoms with Crippen molar-refractivity contribution in [1.29, 1.82) is 0 Å². The van der Waals surface area contributed by atoms with Gasteiger partial charge in [0.15, 0.2) is 11.4 Å². The SMILES string of the molecule is [C-]#[N+]c1cc2c(c([N+]#[C-])c1[N+]#[C-])c1cc3ccccc3cc1c1c3ccccc3cn21. The topological polar surface area (TPSA) is 17.5 Å². The third-order valence-electron chi connectivity index (χ3n) is 5.97. The standard InChI is InChI=1S/C27H12N4/c1-28-22-14-23-24(26(30-3)25(22)29-2)20-12-16-8-4-5-9-17(16)13-21(20)27-19-11-7-6-10-18(19)15-31(23)27/h4-15H. The van der Waals surface area contributed by atoms with Crippen molar-refractivity contribution in [3.05, 3.63) is 107 Å². The molecule has 6 aromatic rings. The molecule has 0 saturated heterocycles. The average Bonchev–Trinajstić information content (AvgIpc) is 3.21. The second kappa shape index (κ2) is 6.07.